The van der Waals surface area contributed by atoms with Gasteiger partial charge in [-0.2, -0.15) is 0 Å². The van der Waals surface area contributed by atoms with Gasteiger partial charge >= 0.3 is 0 Å². The van der Waals surface area contributed by atoms with E-state index in [4.69, 9.17) is 18.9 Å². The highest BCUT2D eigenvalue weighted by Crippen LogP contribution is 2.52. The summed E-state index contributed by atoms with van der Waals surface area (Å²) in [5.74, 6) is 3.82. The quantitative estimate of drug-likeness (QED) is 0.710. The fourth-order valence-corrected chi connectivity index (χ4v) is 2.56. The fraction of sp³-hybridized carbons (Fsp3) is 0.636. The first-order valence-electron chi connectivity index (χ1n) is 4.92. The zero-order valence-electron chi connectivity index (χ0n) is 9.49. The zero-order valence-corrected chi connectivity index (χ0v) is 9.49. The lowest BCUT2D eigenvalue weighted by Crippen LogP contribution is -2.13. The van der Waals surface area contributed by atoms with Crippen LogP contribution in [0.2, 0.25) is 0 Å². The van der Waals surface area contributed by atoms with Crippen molar-refractivity contribution in [2.45, 2.75) is 6.42 Å². The molecule has 0 aromatic heterocycles. The van der Waals surface area contributed by atoms with E-state index in [1.165, 1.54) is 0 Å². The summed E-state index contributed by atoms with van der Waals surface area (Å²) in [5.41, 5.74) is 0. The van der Waals surface area contributed by atoms with Gasteiger partial charge in [-0.15, -0.1) is 0 Å². The molecule has 2 aliphatic rings. The van der Waals surface area contributed by atoms with E-state index in [9.17, 15) is 0 Å². The van der Waals surface area contributed by atoms with Gasteiger partial charge in [0.05, 0.1) is 40.3 Å². The first kappa shape index (κ1) is 10.2. The van der Waals surface area contributed by atoms with Crippen LogP contribution >= 0.6 is 0 Å². The summed E-state index contributed by atoms with van der Waals surface area (Å²) >= 11 is 0. The van der Waals surface area contributed by atoms with Crippen LogP contribution in [0.25, 0.3) is 0 Å². The Bertz CT molecular complexity index is 269. The third kappa shape index (κ3) is 1.20. The standard InChI is InChI=1S/C11H16O4/c1-12-8-6-5-7(9(8)13-2)11(15-4)10(6)14-3/h6-7H,5H2,1-4H3. The number of rotatable bonds is 4. The number of fused-ring (bicyclic) bond motifs is 2. The Labute approximate surface area is 89.5 Å². The molecule has 0 saturated heterocycles. The Morgan fingerprint density at radius 1 is 0.667 bits per heavy atom. The summed E-state index contributed by atoms with van der Waals surface area (Å²) in [6.07, 6.45) is 0.929. The fourth-order valence-electron chi connectivity index (χ4n) is 2.56. The molecule has 0 saturated carbocycles. The Morgan fingerprint density at radius 2 is 0.933 bits per heavy atom. The third-order valence-electron chi connectivity index (χ3n) is 3.10. The lowest BCUT2D eigenvalue weighted by molar-refractivity contribution is 0.144. The predicted octanol–water partition coefficient (Wildman–Crippen LogP) is 1.64. The first-order chi connectivity index (χ1) is 7.28. The van der Waals surface area contributed by atoms with Gasteiger partial charge in [0, 0.05) is 0 Å². The molecule has 4 nitrogen and oxygen atoms in total. The largest absolute Gasteiger partial charge is 0.497 e. The number of methoxy groups -OCH3 is 4. The molecule has 0 spiro atoms. The maximum Gasteiger partial charge on any atom is 0.145 e. The maximum atomic E-state index is 5.36. The zero-order chi connectivity index (χ0) is 11.0. The minimum absolute atomic E-state index is 0.162. The molecule has 0 amide bonds. The molecule has 0 fully saturated rings. The van der Waals surface area contributed by atoms with Gasteiger partial charge in [0.15, 0.2) is 0 Å². The van der Waals surface area contributed by atoms with Crippen molar-refractivity contribution in [1.82, 2.24) is 0 Å². The summed E-state index contributed by atoms with van der Waals surface area (Å²) in [4.78, 5) is 0. The molecule has 2 aliphatic carbocycles. The highest BCUT2D eigenvalue weighted by Gasteiger charge is 2.49. The van der Waals surface area contributed by atoms with E-state index >= 15 is 0 Å². The van der Waals surface area contributed by atoms with Crippen molar-refractivity contribution in [1.29, 1.82) is 0 Å². The minimum Gasteiger partial charge on any atom is -0.497 e. The van der Waals surface area contributed by atoms with E-state index in [0.29, 0.717) is 0 Å². The van der Waals surface area contributed by atoms with E-state index < -0.39 is 0 Å². The van der Waals surface area contributed by atoms with Crippen molar-refractivity contribution in [3.8, 4) is 0 Å². The van der Waals surface area contributed by atoms with Gasteiger partial charge in [0.2, 0.25) is 0 Å². The van der Waals surface area contributed by atoms with E-state index in [-0.39, 0.29) is 11.8 Å². The van der Waals surface area contributed by atoms with Crippen LogP contribution in [0.1, 0.15) is 6.42 Å². The molecule has 2 rings (SSSR count). The smallest absolute Gasteiger partial charge is 0.145 e. The minimum atomic E-state index is 0.162. The van der Waals surface area contributed by atoms with Crippen LogP contribution in [0.5, 0.6) is 0 Å². The average Bonchev–Trinajstić information content (AvgIpc) is 2.80. The summed E-state index contributed by atoms with van der Waals surface area (Å²) in [6, 6.07) is 0. The van der Waals surface area contributed by atoms with E-state index in [1.54, 1.807) is 28.4 Å². The number of ether oxygens (including phenoxy) is 4. The van der Waals surface area contributed by atoms with Crippen molar-refractivity contribution in [2.24, 2.45) is 11.8 Å². The average molecular weight is 212 g/mol. The van der Waals surface area contributed by atoms with Crippen molar-refractivity contribution in [2.75, 3.05) is 28.4 Å². The molecule has 4 heteroatoms. The maximum absolute atomic E-state index is 5.36. The van der Waals surface area contributed by atoms with Gasteiger partial charge in [-0.3, -0.25) is 0 Å². The highest BCUT2D eigenvalue weighted by atomic mass is 16.5. The SMILES string of the molecule is COC1=C(OC)C2CC1C(OC)=C2OC. The van der Waals surface area contributed by atoms with Crippen LogP contribution in [0.15, 0.2) is 23.0 Å². The lowest BCUT2D eigenvalue weighted by atomic mass is 10.1. The molecule has 84 valence electrons. The monoisotopic (exact) mass is 212 g/mol. The van der Waals surface area contributed by atoms with Crippen molar-refractivity contribution in [3.63, 3.8) is 0 Å². The number of hydrogen-bond donors (Lipinski definition) is 0. The van der Waals surface area contributed by atoms with Crippen LogP contribution in [0.3, 0.4) is 0 Å². The normalized spacial score (nSPS) is 28.5. The molecule has 0 aromatic carbocycles. The molecule has 0 heterocycles. The molecule has 15 heavy (non-hydrogen) atoms. The Hall–Kier alpha value is -1.32. The Kier molecular flexibility index (Phi) is 2.50. The van der Waals surface area contributed by atoms with Crippen LogP contribution in [0, 0.1) is 11.8 Å². The summed E-state index contributed by atoms with van der Waals surface area (Å²) < 4.78 is 21.4. The molecular weight excluding hydrogens is 196 g/mol. The van der Waals surface area contributed by atoms with Crippen molar-refractivity contribution < 1.29 is 18.9 Å². The second kappa shape index (κ2) is 3.68. The first-order valence-corrected chi connectivity index (χ1v) is 4.92. The molecule has 0 aromatic rings. The molecule has 0 radical (unpaired) electrons. The lowest BCUT2D eigenvalue weighted by Gasteiger charge is -2.21. The van der Waals surface area contributed by atoms with Crippen molar-refractivity contribution in [3.05, 3.63) is 23.0 Å². The van der Waals surface area contributed by atoms with Gasteiger partial charge in [-0.1, -0.05) is 0 Å². The highest BCUT2D eigenvalue weighted by molar-refractivity contribution is 5.38. The predicted molar refractivity (Wildman–Crippen MR) is 53.7 cm³/mol. The van der Waals surface area contributed by atoms with Crippen LogP contribution in [-0.4, -0.2) is 28.4 Å². The molecular formula is C11H16O4. The van der Waals surface area contributed by atoms with Gasteiger partial charge < -0.3 is 18.9 Å². The van der Waals surface area contributed by atoms with Gasteiger partial charge in [-0.25, -0.2) is 0 Å². The van der Waals surface area contributed by atoms with Crippen LogP contribution in [-0.2, 0) is 18.9 Å². The van der Waals surface area contributed by atoms with Gasteiger partial charge in [0.25, 0.3) is 0 Å². The molecule has 0 N–H and O–H groups in total. The molecule has 0 unspecified atom stereocenters. The van der Waals surface area contributed by atoms with E-state index in [2.05, 4.69) is 0 Å². The summed E-state index contributed by atoms with van der Waals surface area (Å²) in [7, 11) is 6.65. The van der Waals surface area contributed by atoms with Gasteiger partial charge in [-0.05, 0) is 6.42 Å². The summed E-state index contributed by atoms with van der Waals surface area (Å²) in [5, 5.41) is 0. The van der Waals surface area contributed by atoms with Crippen LogP contribution in [0.4, 0.5) is 0 Å². The second-order valence-electron chi connectivity index (χ2n) is 3.61. The third-order valence-corrected chi connectivity index (χ3v) is 3.10. The number of hydrogen-bond acceptors (Lipinski definition) is 4. The van der Waals surface area contributed by atoms with E-state index in [0.717, 1.165) is 29.5 Å². The molecule has 0 atom stereocenters. The summed E-state index contributed by atoms with van der Waals surface area (Å²) in [6.45, 7) is 0. The van der Waals surface area contributed by atoms with Crippen molar-refractivity contribution >= 4 is 0 Å². The van der Waals surface area contributed by atoms with Gasteiger partial charge in [0.1, 0.15) is 23.0 Å². The Balaban J connectivity index is 2.37. The Morgan fingerprint density at radius 3 is 1.13 bits per heavy atom. The topological polar surface area (TPSA) is 36.9 Å². The molecule has 2 bridgehead atoms. The second-order valence-corrected chi connectivity index (χ2v) is 3.61. The molecule has 0 aliphatic heterocycles. The van der Waals surface area contributed by atoms with Crippen LogP contribution < -0.4 is 0 Å². The van der Waals surface area contributed by atoms with E-state index in [1.807, 2.05) is 0 Å².